The first-order chi connectivity index (χ1) is 23.8. The molecule has 0 saturated carbocycles. The summed E-state index contributed by atoms with van der Waals surface area (Å²) in [5.74, 6) is -4.72. The van der Waals surface area contributed by atoms with Gasteiger partial charge in [0.1, 0.15) is 0 Å². The molecule has 0 aromatic heterocycles. The second-order valence-corrected chi connectivity index (χ2v) is 15.0. The minimum absolute atomic E-state index is 0. The van der Waals surface area contributed by atoms with Crippen LogP contribution >= 0.6 is 0 Å². The van der Waals surface area contributed by atoms with E-state index < -0.39 is 34.7 Å². The number of hydrogen-bond donors (Lipinski definition) is 2. The summed E-state index contributed by atoms with van der Waals surface area (Å²) in [5, 5.41) is 40.2. The van der Waals surface area contributed by atoms with Crippen LogP contribution in [0.25, 0.3) is 0 Å². The van der Waals surface area contributed by atoms with Crippen LogP contribution in [-0.2, 0) is 19.2 Å². The fourth-order valence-electron chi connectivity index (χ4n) is 6.03. The molecule has 0 aromatic carbocycles. The number of carbonyl (C=O) groups is 4. The van der Waals surface area contributed by atoms with Crippen molar-refractivity contribution in [1.29, 1.82) is 0 Å². The first-order valence-electron chi connectivity index (χ1n) is 20.8. The van der Waals surface area contributed by atoms with Gasteiger partial charge in [0.25, 0.3) is 0 Å². The van der Waals surface area contributed by atoms with Crippen molar-refractivity contribution in [3.8, 4) is 0 Å². The van der Waals surface area contributed by atoms with Crippen molar-refractivity contribution in [2.75, 3.05) is 0 Å². The standard InChI is InChI=1S/2C21H40O4.Ca/c2*1-3-4-5-6-7-8-9-10-11-12-13-14-15-16-17-18-19(22)21(2,25)20(23)24;/h2*25H,3-18H2,1-2H3,(H,23,24);/q;;+2/p-2. The van der Waals surface area contributed by atoms with E-state index in [2.05, 4.69) is 13.8 Å². The molecule has 296 valence electrons. The van der Waals surface area contributed by atoms with Crippen molar-refractivity contribution in [2.24, 2.45) is 0 Å². The van der Waals surface area contributed by atoms with Gasteiger partial charge in [-0.2, -0.15) is 0 Å². The minimum Gasteiger partial charge on any atom is -0.547 e. The van der Waals surface area contributed by atoms with E-state index in [9.17, 15) is 39.6 Å². The Hall–Kier alpha value is -0.540. The number of Topliss-reactive ketones (excluding diaryl/α,β-unsaturated/α-hetero) is 2. The summed E-state index contributed by atoms with van der Waals surface area (Å²) in [7, 11) is 0. The molecular formula is C42H78CaO8. The van der Waals surface area contributed by atoms with Crippen LogP contribution in [0.5, 0.6) is 0 Å². The third-order valence-corrected chi connectivity index (χ3v) is 9.90. The Kier molecular flexibility index (Phi) is 40.6. The van der Waals surface area contributed by atoms with Crippen LogP contribution in [0.1, 0.15) is 233 Å². The molecule has 0 aromatic rings. The van der Waals surface area contributed by atoms with Gasteiger partial charge in [0.05, 0.1) is 11.9 Å². The van der Waals surface area contributed by atoms with Gasteiger partial charge < -0.3 is 30.0 Å². The smallest absolute Gasteiger partial charge is 0.547 e. The molecule has 9 heteroatoms. The maximum Gasteiger partial charge on any atom is 2.00 e. The summed E-state index contributed by atoms with van der Waals surface area (Å²) in [6.45, 7) is 6.49. The summed E-state index contributed by atoms with van der Waals surface area (Å²) in [5.41, 5.74) is -4.67. The zero-order valence-corrected chi connectivity index (χ0v) is 35.9. The molecule has 0 aliphatic heterocycles. The Bertz CT molecular complexity index is 775. The Morgan fingerprint density at radius 1 is 0.373 bits per heavy atom. The number of carboxylic acids is 2. The zero-order chi connectivity index (χ0) is 37.9. The molecule has 0 amide bonds. The van der Waals surface area contributed by atoms with Gasteiger partial charge in [-0.15, -0.1) is 0 Å². The first kappa shape index (κ1) is 54.8. The maximum atomic E-state index is 11.6. The second-order valence-electron chi connectivity index (χ2n) is 15.0. The zero-order valence-electron chi connectivity index (χ0n) is 33.7. The van der Waals surface area contributed by atoms with Gasteiger partial charge in [-0.1, -0.05) is 194 Å². The molecule has 0 spiro atoms. The molecule has 0 bridgehead atoms. The van der Waals surface area contributed by atoms with Crippen molar-refractivity contribution in [2.45, 2.75) is 244 Å². The van der Waals surface area contributed by atoms with Crippen LogP contribution in [0, 0.1) is 0 Å². The average Bonchev–Trinajstić information content (AvgIpc) is 3.08. The molecule has 0 aliphatic carbocycles. The molecular weight excluding hydrogens is 673 g/mol. The SMILES string of the molecule is CCCCCCCCCCCCCCCCCC(=O)C(C)(O)C(=O)[O-].CCCCCCCCCCCCCCCCCC(=O)C(C)(O)C(=O)[O-].[Ca+2]. The van der Waals surface area contributed by atoms with Crippen molar-refractivity contribution >= 4 is 61.2 Å². The monoisotopic (exact) mass is 751 g/mol. The number of carbonyl (C=O) groups excluding carboxylic acids is 4. The number of aliphatic carboxylic acids is 2. The summed E-state index contributed by atoms with van der Waals surface area (Å²) in [6.07, 6.45) is 37.4. The molecule has 0 fully saturated rings. The molecule has 0 saturated heterocycles. The van der Waals surface area contributed by atoms with E-state index in [0.717, 1.165) is 39.5 Å². The normalized spacial score (nSPS) is 13.3. The van der Waals surface area contributed by atoms with Gasteiger partial charge in [0.2, 0.25) is 0 Å². The number of rotatable bonds is 36. The quantitative estimate of drug-likeness (QED) is 0.0369. The van der Waals surface area contributed by atoms with Gasteiger partial charge in [-0.25, -0.2) is 0 Å². The van der Waals surface area contributed by atoms with Crippen LogP contribution in [0.15, 0.2) is 0 Å². The van der Waals surface area contributed by atoms with E-state index in [1.54, 1.807) is 0 Å². The number of hydrogen-bond acceptors (Lipinski definition) is 8. The fraction of sp³-hybridized carbons (Fsp3) is 0.905. The van der Waals surface area contributed by atoms with Crippen molar-refractivity contribution in [3.05, 3.63) is 0 Å². The van der Waals surface area contributed by atoms with Crippen molar-refractivity contribution in [3.63, 3.8) is 0 Å². The number of aliphatic hydroxyl groups is 2. The van der Waals surface area contributed by atoms with Gasteiger partial charge in [0, 0.05) is 12.8 Å². The van der Waals surface area contributed by atoms with Gasteiger partial charge in [-0.05, 0) is 26.7 Å². The van der Waals surface area contributed by atoms with Crippen LogP contribution in [0.4, 0.5) is 0 Å². The number of carboxylic acid groups (broad SMARTS) is 2. The topological polar surface area (TPSA) is 155 Å². The molecule has 0 radical (unpaired) electrons. The van der Waals surface area contributed by atoms with Crippen LogP contribution < -0.4 is 10.2 Å². The molecule has 0 heterocycles. The van der Waals surface area contributed by atoms with Crippen LogP contribution in [-0.4, -0.2) is 82.7 Å². The molecule has 2 N–H and O–H groups in total. The predicted octanol–water partition coefficient (Wildman–Crippen LogP) is 8.26. The predicted molar refractivity (Wildman–Crippen MR) is 206 cm³/mol. The van der Waals surface area contributed by atoms with Gasteiger partial charge in [-0.3, -0.25) is 9.59 Å². The Morgan fingerprint density at radius 2 is 0.529 bits per heavy atom. The maximum absolute atomic E-state index is 11.6. The second kappa shape index (κ2) is 37.8. The third kappa shape index (κ3) is 33.7. The van der Waals surface area contributed by atoms with Crippen LogP contribution in [0.3, 0.4) is 0 Å². The molecule has 2 atom stereocenters. The van der Waals surface area contributed by atoms with Crippen LogP contribution in [0.2, 0.25) is 0 Å². The van der Waals surface area contributed by atoms with Crippen molar-refractivity contribution < 1.29 is 39.6 Å². The van der Waals surface area contributed by atoms with E-state index in [-0.39, 0.29) is 50.6 Å². The van der Waals surface area contributed by atoms with E-state index in [0.29, 0.717) is 12.8 Å². The summed E-state index contributed by atoms with van der Waals surface area (Å²) < 4.78 is 0. The van der Waals surface area contributed by atoms with Gasteiger partial charge >= 0.3 is 37.7 Å². The Balaban J connectivity index is -0.000000886. The molecule has 0 aliphatic rings. The van der Waals surface area contributed by atoms with Crippen molar-refractivity contribution in [1.82, 2.24) is 0 Å². The van der Waals surface area contributed by atoms with E-state index in [1.165, 1.54) is 154 Å². The fourth-order valence-corrected chi connectivity index (χ4v) is 6.03. The molecule has 51 heavy (non-hydrogen) atoms. The minimum atomic E-state index is -2.34. The number of unbranched alkanes of at least 4 members (excludes halogenated alkanes) is 28. The number of ketones is 2. The van der Waals surface area contributed by atoms with Gasteiger partial charge in [0.15, 0.2) is 22.8 Å². The molecule has 8 nitrogen and oxygen atoms in total. The summed E-state index contributed by atoms with van der Waals surface area (Å²) in [4.78, 5) is 44.4. The first-order valence-corrected chi connectivity index (χ1v) is 20.8. The summed E-state index contributed by atoms with van der Waals surface area (Å²) >= 11 is 0. The largest absolute Gasteiger partial charge is 2.00 e. The summed E-state index contributed by atoms with van der Waals surface area (Å²) in [6, 6.07) is 0. The Labute approximate surface area is 343 Å². The average molecular weight is 751 g/mol. The molecule has 2 unspecified atom stereocenters. The molecule has 0 rings (SSSR count). The third-order valence-electron chi connectivity index (χ3n) is 9.90. The van der Waals surface area contributed by atoms with E-state index >= 15 is 0 Å². The van der Waals surface area contributed by atoms with E-state index in [4.69, 9.17) is 0 Å². The Morgan fingerprint density at radius 3 is 0.686 bits per heavy atom. The van der Waals surface area contributed by atoms with E-state index in [1.807, 2.05) is 0 Å².